The van der Waals surface area contributed by atoms with Crippen molar-refractivity contribution in [3.63, 3.8) is 0 Å². The Morgan fingerprint density at radius 2 is 2.00 bits per heavy atom. The lowest BCUT2D eigenvalue weighted by molar-refractivity contribution is -0.121. The zero-order valence-corrected chi connectivity index (χ0v) is 12.4. The highest BCUT2D eigenvalue weighted by Gasteiger charge is 2.49. The molecule has 1 saturated heterocycles. The highest BCUT2D eigenvalue weighted by Crippen LogP contribution is 2.33. The normalized spacial score (nSPS) is 20.9. The molecule has 6 nitrogen and oxygen atoms in total. The third-order valence-electron chi connectivity index (χ3n) is 3.37. The van der Waals surface area contributed by atoms with E-state index in [2.05, 4.69) is 0 Å². The Morgan fingerprint density at radius 3 is 2.55 bits per heavy atom. The van der Waals surface area contributed by atoms with E-state index in [1.165, 1.54) is 18.2 Å². The van der Waals surface area contributed by atoms with Crippen LogP contribution in [0, 0.1) is 0 Å². The van der Waals surface area contributed by atoms with Crippen molar-refractivity contribution in [3.8, 4) is 0 Å². The van der Waals surface area contributed by atoms with Crippen molar-refractivity contribution in [2.75, 3.05) is 12.8 Å². The molecule has 1 aromatic carbocycles. The molecule has 2 amide bonds. The summed E-state index contributed by atoms with van der Waals surface area (Å²) in [5.41, 5.74) is 4.97. The largest absolute Gasteiger partial charge is 0.368 e. The number of sulfone groups is 1. The third kappa shape index (κ3) is 3.24. The van der Waals surface area contributed by atoms with E-state index in [0.29, 0.717) is 4.90 Å². The number of nitrogens with two attached hydrogens (primary N) is 1. The van der Waals surface area contributed by atoms with Gasteiger partial charge in [0.15, 0.2) is 9.84 Å². The number of likely N-dealkylation sites (tertiary alicyclic amines) is 1. The molecule has 0 saturated carbocycles. The summed E-state index contributed by atoms with van der Waals surface area (Å²) in [5.74, 6) is -5.08. The van der Waals surface area contributed by atoms with Crippen molar-refractivity contribution in [2.45, 2.75) is 23.3 Å². The number of alkyl halides is 2. The summed E-state index contributed by atoms with van der Waals surface area (Å²) in [7, 11) is -3.55. The minimum absolute atomic E-state index is 0.0909. The smallest absolute Gasteiger partial charge is 0.267 e. The highest BCUT2D eigenvalue weighted by atomic mass is 32.2. The lowest BCUT2D eigenvalue weighted by Crippen LogP contribution is -2.43. The maximum atomic E-state index is 13.5. The van der Waals surface area contributed by atoms with Gasteiger partial charge in [-0.1, -0.05) is 6.07 Å². The molecular weight excluding hydrogens is 318 g/mol. The Morgan fingerprint density at radius 1 is 1.36 bits per heavy atom. The molecule has 1 aromatic rings. The fraction of sp³-hybridized carbons (Fsp3) is 0.385. The van der Waals surface area contributed by atoms with Crippen molar-refractivity contribution in [2.24, 2.45) is 5.73 Å². The summed E-state index contributed by atoms with van der Waals surface area (Å²) in [6, 6.07) is 3.59. The van der Waals surface area contributed by atoms with Gasteiger partial charge in [-0.3, -0.25) is 9.59 Å². The maximum absolute atomic E-state index is 13.5. The molecule has 0 unspecified atom stereocenters. The number of benzene rings is 1. The summed E-state index contributed by atoms with van der Waals surface area (Å²) in [6.45, 7) is -0.928. The Bertz CT molecular complexity index is 733. The number of halogens is 2. The maximum Gasteiger partial charge on any atom is 0.267 e. The fourth-order valence-corrected chi connectivity index (χ4v) is 2.98. The van der Waals surface area contributed by atoms with Crippen LogP contribution in [-0.4, -0.2) is 49.9 Å². The topological polar surface area (TPSA) is 97.5 Å². The Balaban J connectivity index is 2.37. The van der Waals surface area contributed by atoms with E-state index in [1.54, 1.807) is 0 Å². The zero-order valence-electron chi connectivity index (χ0n) is 11.6. The molecule has 1 aliphatic rings. The quantitative estimate of drug-likeness (QED) is 0.867. The number of carbonyl (C=O) groups excluding carboxylic acids is 2. The molecule has 0 radical (unpaired) electrons. The number of nitrogens with zero attached hydrogens (tertiary/aromatic N) is 1. The zero-order chi connectivity index (χ0) is 16.7. The van der Waals surface area contributed by atoms with Gasteiger partial charge in [-0.25, -0.2) is 17.2 Å². The number of hydrogen-bond donors (Lipinski definition) is 1. The van der Waals surface area contributed by atoms with E-state index in [9.17, 15) is 26.8 Å². The van der Waals surface area contributed by atoms with Crippen molar-refractivity contribution in [1.82, 2.24) is 4.90 Å². The average molecular weight is 332 g/mol. The monoisotopic (exact) mass is 332 g/mol. The van der Waals surface area contributed by atoms with Gasteiger partial charge in [-0.15, -0.1) is 0 Å². The lowest BCUT2D eigenvalue weighted by Gasteiger charge is -2.21. The van der Waals surface area contributed by atoms with E-state index >= 15 is 0 Å². The first-order valence-electron chi connectivity index (χ1n) is 6.29. The van der Waals surface area contributed by atoms with Crippen LogP contribution in [-0.2, 0) is 14.6 Å². The van der Waals surface area contributed by atoms with Gasteiger partial charge in [-0.05, 0) is 18.2 Å². The molecule has 1 heterocycles. The van der Waals surface area contributed by atoms with Crippen LogP contribution >= 0.6 is 0 Å². The summed E-state index contributed by atoms with van der Waals surface area (Å²) < 4.78 is 49.9. The number of amides is 2. The highest BCUT2D eigenvalue weighted by molar-refractivity contribution is 7.90. The molecule has 2 rings (SSSR count). The summed E-state index contributed by atoms with van der Waals surface area (Å²) in [5, 5.41) is 0. The van der Waals surface area contributed by atoms with Crippen molar-refractivity contribution in [3.05, 3.63) is 29.8 Å². The molecule has 1 atom stereocenters. The Hall–Kier alpha value is -2.03. The Kier molecular flexibility index (Phi) is 3.94. The summed E-state index contributed by atoms with van der Waals surface area (Å²) in [4.78, 5) is 24.2. The second-order valence-corrected chi connectivity index (χ2v) is 7.23. The van der Waals surface area contributed by atoms with Gasteiger partial charge >= 0.3 is 0 Å². The van der Waals surface area contributed by atoms with Gasteiger partial charge in [0.2, 0.25) is 5.91 Å². The number of rotatable bonds is 3. The van der Waals surface area contributed by atoms with Crippen molar-refractivity contribution >= 4 is 21.7 Å². The second kappa shape index (κ2) is 5.31. The molecule has 1 fully saturated rings. The van der Waals surface area contributed by atoms with Crippen LogP contribution in [0.25, 0.3) is 0 Å². The van der Waals surface area contributed by atoms with Crippen LogP contribution < -0.4 is 5.73 Å². The molecule has 0 spiro atoms. The first-order valence-corrected chi connectivity index (χ1v) is 8.19. The fourth-order valence-electron chi connectivity index (χ4n) is 2.31. The van der Waals surface area contributed by atoms with Crippen LogP contribution in [0.3, 0.4) is 0 Å². The molecule has 0 aromatic heterocycles. The molecule has 2 N–H and O–H groups in total. The predicted molar refractivity (Wildman–Crippen MR) is 73.1 cm³/mol. The van der Waals surface area contributed by atoms with Gasteiger partial charge in [-0.2, -0.15) is 0 Å². The lowest BCUT2D eigenvalue weighted by atomic mass is 10.1. The van der Waals surface area contributed by atoms with E-state index in [0.717, 1.165) is 12.3 Å². The van der Waals surface area contributed by atoms with Crippen LogP contribution in [0.2, 0.25) is 0 Å². The van der Waals surface area contributed by atoms with Gasteiger partial charge in [0.1, 0.15) is 6.04 Å². The van der Waals surface area contributed by atoms with Crippen LogP contribution in [0.5, 0.6) is 0 Å². The second-order valence-electron chi connectivity index (χ2n) is 5.21. The predicted octanol–water partition coefficient (Wildman–Crippen LogP) is 0.425. The van der Waals surface area contributed by atoms with Gasteiger partial charge in [0, 0.05) is 18.2 Å². The summed E-state index contributed by atoms with van der Waals surface area (Å²) >= 11 is 0. The first kappa shape index (κ1) is 16.3. The van der Waals surface area contributed by atoms with Crippen molar-refractivity contribution < 1.29 is 26.8 Å². The van der Waals surface area contributed by atoms with Crippen LogP contribution in [0.15, 0.2) is 29.2 Å². The minimum atomic E-state index is -3.55. The number of primary amides is 1. The number of carbonyl (C=O) groups is 2. The van der Waals surface area contributed by atoms with E-state index in [4.69, 9.17) is 5.73 Å². The average Bonchev–Trinajstić information content (AvgIpc) is 2.73. The summed E-state index contributed by atoms with van der Waals surface area (Å²) in [6.07, 6.45) is 0.132. The van der Waals surface area contributed by atoms with E-state index < -0.39 is 46.6 Å². The molecule has 9 heteroatoms. The Labute approximate surface area is 125 Å². The van der Waals surface area contributed by atoms with E-state index in [1.807, 2.05) is 0 Å². The molecule has 0 aliphatic carbocycles. The van der Waals surface area contributed by atoms with E-state index in [-0.39, 0.29) is 10.5 Å². The molecule has 1 aliphatic heterocycles. The van der Waals surface area contributed by atoms with Crippen LogP contribution in [0.4, 0.5) is 8.78 Å². The minimum Gasteiger partial charge on any atom is -0.368 e. The molecule has 120 valence electrons. The van der Waals surface area contributed by atoms with Gasteiger partial charge < -0.3 is 10.6 Å². The third-order valence-corrected chi connectivity index (χ3v) is 4.48. The molecule has 0 bridgehead atoms. The molecular formula is C13H14F2N2O4S. The standard InChI is InChI=1S/C13H14F2N2O4S/c1-22(20,21)9-4-2-3-8(5-9)12(19)17-7-13(14,15)6-10(17)11(16)18/h2-5,10H,6-7H2,1H3,(H2,16,18)/t10-/m1/s1. The number of hydrogen-bond acceptors (Lipinski definition) is 4. The van der Waals surface area contributed by atoms with Crippen molar-refractivity contribution in [1.29, 1.82) is 0 Å². The first-order chi connectivity index (χ1) is 10.0. The van der Waals surface area contributed by atoms with Gasteiger partial charge in [0.25, 0.3) is 11.8 Å². The van der Waals surface area contributed by atoms with Gasteiger partial charge in [0.05, 0.1) is 11.4 Å². The van der Waals surface area contributed by atoms with Crippen LogP contribution in [0.1, 0.15) is 16.8 Å². The SMILES string of the molecule is CS(=O)(=O)c1cccc(C(=O)N2CC(F)(F)C[C@@H]2C(N)=O)c1. The molecule has 22 heavy (non-hydrogen) atoms.